The molecular formula is C8H14O3S3. The van der Waals surface area contributed by atoms with Crippen LogP contribution in [0.4, 0.5) is 0 Å². The number of hydrogen-bond donors (Lipinski definition) is 0. The molecule has 82 valence electrons. The quantitative estimate of drug-likeness (QED) is 0.720. The van der Waals surface area contributed by atoms with Gasteiger partial charge in [0.15, 0.2) is 0 Å². The molecule has 0 radical (unpaired) electrons. The Morgan fingerprint density at radius 3 is 2.50 bits per heavy atom. The van der Waals surface area contributed by atoms with Gasteiger partial charge in [-0.15, -0.1) is 23.5 Å². The standard InChI is InChI=1S/C8H14O3S3/c1-7(2)5-11-14(9,10)6-8-12-3-4-13-8/h6-7H,3-5H2,1-2H3. The van der Waals surface area contributed by atoms with Crippen LogP contribution in [0.5, 0.6) is 0 Å². The number of hydrogen-bond acceptors (Lipinski definition) is 5. The normalized spacial score (nSPS) is 17.8. The first kappa shape index (κ1) is 12.4. The molecule has 0 aromatic carbocycles. The summed E-state index contributed by atoms with van der Waals surface area (Å²) in [5.74, 6) is 2.19. The van der Waals surface area contributed by atoms with Crippen molar-refractivity contribution in [3.63, 3.8) is 0 Å². The predicted molar refractivity (Wildman–Crippen MR) is 62.7 cm³/mol. The minimum atomic E-state index is -3.46. The summed E-state index contributed by atoms with van der Waals surface area (Å²) in [6.45, 7) is 4.09. The molecule has 6 heteroatoms. The Morgan fingerprint density at radius 2 is 2.00 bits per heavy atom. The summed E-state index contributed by atoms with van der Waals surface area (Å²) in [5.41, 5.74) is 0. The van der Waals surface area contributed by atoms with Crippen molar-refractivity contribution in [2.75, 3.05) is 18.1 Å². The van der Waals surface area contributed by atoms with Crippen LogP contribution in [-0.2, 0) is 14.3 Å². The third kappa shape index (κ3) is 4.72. The van der Waals surface area contributed by atoms with Crippen molar-refractivity contribution in [1.82, 2.24) is 0 Å². The summed E-state index contributed by atoms with van der Waals surface area (Å²) in [6, 6.07) is 0. The van der Waals surface area contributed by atoms with Gasteiger partial charge in [0.25, 0.3) is 10.1 Å². The lowest BCUT2D eigenvalue weighted by Crippen LogP contribution is -2.08. The largest absolute Gasteiger partial charge is 0.291 e. The smallest absolute Gasteiger partial charge is 0.267 e. The van der Waals surface area contributed by atoms with Crippen molar-refractivity contribution in [3.05, 3.63) is 9.65 Å². The van der Waals surface area contributed by atoms with Crippen molar-refractivity contribution in [1.29, 1.82) is 0 Å². The minimum Gasteiger partial charge on any atom is -0.267 e. The lowest BCUT2D eigenvalue weighted by Gasteiger charge is -2.04. The van der Waals surface area contributed by atoms with Crippen LogP contribution < -0.4 is 0 Å². The molecule has 3 nitrogen and oxygen atoms in total. The zero-order chi connectivity index (χ0) is 10.6. The maximum absolute atomic E-state index is 11.4. The van der Waals surface area contributed by atoms with E-state index in [9.17, 15) is 8.42 Å². The Morgan fingerprint density at radius 1 is 1.43 bits per heavy atom. The van der Waals surface area contributed by atoms with Crippen LogP contribution in [0.3, 0.4) is 0 Å². The van der Waals surface area contributed by atoms with Gasteiger partial charge in [-0.1, -0.05) is 13.8 Å². The monoisotopic (exact) mass is 254 g/mol. The second kappa shape index (κ2) is 5.44. The van der Waals surface area contributed by atoms with Crippen molar-refractivity contribution < 1.29 is 12.6 Å². The van der Waals surface area contributed by atoms with E-state index in [1.807, 2.05) is 13.8 Å². The summed E-state index contributed by atoms with van der Waals surface area (Å²) < 4.78 is 28.4. The van der Waals surface area contributed by atoms with Crippen LogP contribution in [0, 0.1) is 5.92 Å². The summed E-state index contributed by atoms with van der Waals surface area (Å²) in [6.07, 6.45) is 0. The van der Waals surface area contributed by atoms with Gasteiger partial charge in [0, 0.05) is 11.5 Å². The molecule has 1 rings (SSSR count). The average molecular weight is 254 g/mol. The van der Waals surface area contributed by atoms with E-state index < -0.39 is 10.1 Å². The van der Waals surface area contributed by atoms with Gasteiger partial charge in [0.2, 0.25) is 0 Å². The molecule has 1 saturated heterocycles. The molecule has 0 N–H and O–H groups in total. The van der Waals surface area contributed by atoms with Gasteiger partial charge in [0.05, 0.1) is 16.3 Å². The van der Waals surface area contributed by atoms with Crippen LogP contribution >= 0.6 is 23.5 Å². The van der Waals surface area contributed by atoms with E-state index in [-0.39, 0.29) is 12.5 Å². The van der Waals surface area contributed by atoms with Gasteiger partial charge in [-0.05, 0) is 5.92 Å². The molecule has 0 atom stereocenters. The molecule has 0 unspecified atom stereocenters. The molecular weight excluding hydrogens is 240 g/mol. The fourth-order valence-electron chi connectivity index (χ4n) is 0.777. The fraction of sp³-hybridized carbons (Fsp3) is 0.750. The van der Waals surface area contributed by atoms with Gasteiger partial charge < -0.3 is 0 Å². The van der Waals surface area contributed by atoms with E-state index >= 15 is 0 Å². The van der Waals surface area contributed by atoms with Gasteiger partial charge >= 0.3 is 0 Å². The maximum Gasteiger partial charge on any atom is 0.291 e. The summed E-state index contributed by atoms with van der Waals surface area (Å²) >= 11 is 3.14. The molecule has 1 heterocycles. The molecule has 0 aromatic rings. The van der Waals surface area contributed by atoms with E-state index in [1.54, 1.807) is 23.5 Å². The highest BCUT2D eigenvalue weighted by Gasteiger charge is 2.15. The van der Waals surface area contributed by atoms with Crippen molar-refractivity contribution in [2.24, 2.45) is 5.92 Å². The highest BCUT2D eigenvalue weighted by atomic mass is 32.2. The molecule has 0 aromatic heterocycles. The van der Waals surface area contributed by atoms with E-state index in [0.29, 0.717) is 0 Å². The highest BCUT2D eigenvalue weighted by Crippen LogP contribution is 2.36. The molecule has 1 fully saturated rings. The highest BCUT2D eigenvalue weighted by molar-refractivity contribution is 8.25. The van der Waals surface area contributed by atoms with Gasteiger partial charge in [-0.3, -0.25) is 4.18 Å². The summed E-state index contributed by atoms with van der Waals surface area (Å²) in [5, 5.41) is 1.23. The van der Waals surface area contributed by atoms with Gasteiger partial charge in [-0.25, -0.2) is 0 Å². The van der Waals surface area contributed by atoms with Gasteiger partial charge in [0.1, 0.15) is 0 Å². The summed E-state index contributed by atoms with van der Waals surface area (Å²) in [7, 11) is -3.46. The fourth-order valence-corrected chi connectivity index (χ4v) is 4.70. The second-order valence-electron chi connectivity index (χ2n) is 3.30. The minimum absolute atomic E-state index is 0.229. The van der Waals surface area contributed by atoms with E-state index in [4.69, 9.17) is 4.18 Å². The SMILES string of the molecule is CC(C)COS(=O)(=O)C=C1SCCS1. The van der Waals surface area contributed by atoms with Crippen LogP contribution in [0.1, 0.15) is 13.8 Å². The van der Waals surface area contributed by atoms with Crippen molar-refractivity contribution in [3.8, 4) is 0 Å². The molecule has 0 amide bonds. The maximum atomic E-state index is 11.4. The second-order valence-corrected chi connectivity index (χ2v) is 7.29. The molecule has 14 heavy (non-hydrogen) atoms. The third-order valence-electron chi connectivity index (χ3n) is 1.38. The Labute approximate surface area is 93.8 Å². The van der Waals surface area contributed by atoms with E-state index in [1.165, 1.54) is 5.41 Å². The van der Waals surface area contributed by atoms with E-state index in [0.717, 1.165) is 15.7 Å². The predicted octanol–water partition coefficient (Wildman–Crippen LogP) is 2.27. The first-order valence-corrected chi connectivity index (χ1v) is 7.80. The molecule has 0 bridgehead atoms. The molecule has 1 aliphatic rings. The average Bonchev–Trinajstić information content (AvgIpc) is 2.53. The Bertz CT molecular complexity index is 298. The topological polar surface area (TPSA) is 43.4 Å². The molecule has 0 aliphatic carbocycles. The lowest BCUT2D eigenvalue weighted by atomic mass is 10.2. The van der Waals surface area contributed by atoms with Gasteiger partial charge in [-0.2, -0.15) is 8.42 Å². The Hall–Kier alpha value is 0.350. The first-order valence-electron chi connectivity index (χ1n) is 4.36. The van der Waals surface area contributed by atoms with E-state index in [2.05, 4.69) is 0 Å². The molecule has 1 aliphatic heterocycles. The van der Waals surface area contributed by atoms with Crippen molar-refractivity contribution in [2.45, 2.75) is 13.8 Å². The van der Waals surface area contributed by atoms with Crippen LogP contribution in [0.15, 0.2) is 9.65 Å². The molecule has 0 saturated carbocycles. The molecule has 0 spiro atoms. The zero-order valence-electron chi connectivity index (χ0n) is 8.23. The summed E-state index contributed by atoms with van der Waals surface area (Å²) in [4.78, 5) is 0. The third-order valence-corrected chi connectivity index (χ3v) is 5.25. The van der Waals surface area contributed by atoms with Crippen molar-refractivity contribution >= 4 is 33.6 Å². The number of rotatable bonds is 4. The Balaban J connectivity index is 2.52. The van der Waals surface area contributed by atoms with Crippen LogP contribution in [0.25, 0.3) is 0 Å². The Kier molecular flexibility index (Phi) is 4.82. The lowest BCUT2D eigenvalue weighted by molar-refractivity contribution is 0.280. The first-order chi connectivity index (χ1) is 6.49. The van der Waals surface area contributed by atoms with Crippen LogP contribution in [-0.4, -0.2) is 26.5 Å². The zero-order valence-corrected chi connectivity index (χ0v) is 10.7. The number of thioether (sulfide) groups is 2. The van der Waals surface area contributed by atoms with Crippen LogP contribution in [0.2, 0.25) is 0 Å².